The summed E-state index contributed by atoms with van der Waals surface area (Å²) >= 11 is 12.1. The third kappa shape index (κ3) is 8.77. The van der Waals surface area contributed by atoms with Gasteiger partial charge in [-0.15, -0.1) is 0 Å². The van der Waals surface area contributed by atoms with Crippen molar-refractivity contribution >= 4 is 34.4 Å². The highest BCUT2D eigenvalue weighted by atomic mass is 35.5. The molecule has 2 aromatic rings. The van der Waals surface area contributed by atoms with E-state index in [0.29, 0.717) is 17.3 Å². The lowest BCUT2D eigenvalue weighted by atomic mass is 10.0. The van der Waals surface area contributed by atoms with Crippen LogP contribution in [0.5, 0.6) is 0 Å². The molecule has 0 aliphatic rings. The van der Waals surface area contributed by atoms with Gasteiger partial charge in [-0.2, -0.15) is 4.98 Å². The lowest BCUT2D eigenvalue weighted by molar-refractivity contribution is 0.282. The second kappa shape index (κ2) is 14.2. The first-order valence-corrected chi connectivity index (χ1v) is 12.1. The zero-order chi connectivity index (χ0) is 20.9. The van der Waals surface area contributed by atoms with Gasteiger partial charge in [-0.3, -0.25) is 0 Å². The monoisotopic (exact) mass is 442 g/mol. The summed E-state index contributed by atoms with van der Waals surface area (Å²) in [6.45, 7) is 3.21. The average molecular weight is 443 g/mol. The molecule has 2 rings (SSSR count). The van der Waals surface area contributed by atoms with Crippen LogP contribution in [-0.2, 0) is 6.54 Å². The summed E-state index contributed by atoms with van der Waals surface area (Å²) in [6, 6.07) is 0. The molecule has 0 aliphatic heterocycles. The summed E-state index contributed by atoms with van der Waals surface area (Å²) in [5.41, 5.74) is 1.37. The topological polar surface area (TPSA) is 63.8 Å². The van der Waals surface area contributed by atoms with Crippen LogP contribution in [0.15, 0.2) is 0 Å². The first-order valence-electron chi connectivity index (χ1n) is 11.3. The number of hydrogen-bond acceptors (Lipinski definition) is 4. The lowest BCUT2D eigenvalue weighted by Gasteiger charge is -2.07. The van der Waals surface area contributed by atoms with E-state index < -0.39 is 0 Å². The highest BCUT2D eigenvalue weighted by molar-refractivity contribution is 6.35. The van der Waals surface area contributed by atoms with E-state index in [-0.39, 0.29) is 5.28 Å². The summed E-state index contributed by atoms with van der Waals surface area (Å²) in [5, 5.41) is 9.25. The van der Waals surface area contributed by atoms with Gasteiger partial charge < -0.3 is 9.67 Å². The van der Waals surface area contributed by atoms with Crippen LogP contribution in [0.1, 0.15) is 95.7 Å². The highest BCUT2D eigenvalue weighted by Gasteiger charge is 2.13. The van der Waals surface area contributed by atoms with Crippen molar-refractivity contribution in [2.24, 2.45) is 0 Å². The molecule has 0 spiro atoms. The molecule has 164 valence electrons. The Kier molecular flexibility index (Phi) is 11.9. The van der Waals surface area contributed by atoms with Crippen molar-refractivity contribution in [3.8, 4) is 0 Å². The largest absolute Gasteiger partial charge is 0.396 e. The van der Waals surface area contributed by atoms with Crippen LogP contribution in [0.3, 0.4) is 0 Å². The van der Waals surface area contributed by atoms with Crippen LogP contribution in [0.2, 0.25) is 10.4 Å². The minimum atomic E-state index is 0.172. The Bertz CT molecular complexity index is 720. The number of imidazole rings is 1. The molecule has 2 heterocycles. The zero-order valence-electron chi connectivity index (χ0n) is 17.8. The maximum absolute atomic E-state index is 8.75. The standard InChI is InChI=1S/C22H36Cl2N4O/c1-18-25-19-20(23)26-22(24)27-21(19)28(18)16-14-12-10-8-6-4-2-3-5-7-9-11-13-15-17-29/h29H,2-17H2,1H3. The number of hydrogen-bond donors (Lipinski definition) is 1. The van der Waals surface area contributed by atoms with E-state index in [2.05, 4.69) is 19.5 Å². The van der Waals surface area contributed by atoms with Crippen molar-refractivity contribution in [1.29, 1.82) is 0 Å². The Morgan fingerprint density at radius 3 is 1.69 bits per heavy atom. The molecule has 0 fully saturated rings. The van der Waals surface area contributed by atoms with E-state index in [4.69, 9.17) is 28.3 Å². The fourth-order valence-corrected chi connectivity index (χ4v) is 4.24. The Labute approximate surface area is 185 Å². The van der Waals surface area contributed by atoms with Crippen LogP contribution in [0, 0.1) is 6.92 Å². The number of halogens is 2. The molecule has 1 N–H and O–H groups in total. The van der Waals surface area contributed by atoms with Crippen molar-refractivity contribution in [2.45, 2.75) is 103 Å². The third-order valence-electron chi connectivity index (χ3n) is 5.51. The Morgan fingerprint density at radius 2 is 1.17 bits per heavy atom. The van der Waals surface area contributed by atoms with Gasteiger partial charge in [0.05, 0.1) is 0 Å². The molecular weight excluding hydrogens is 407 g/mol. The smallest absolute Gasteiger partial charge is 0.225 e. The first-order chi connectivity index (χ1) is 14.1. The number of unbranched alkanes of at least 4 members (excludes halogenated alkanes) is 13. The van der Waals surface area contributed by atoms with Crippen molar-refractivity contribution in [3.05, 3.63) is 16.3 Å². The predicted molar refractivity (Wildman–Crippen MR) is 122 cm³/mol. The molecule has 0 amide bonds. The number of rotatable bonds is 16. The summed E-state index contributed by atoms with van der Waals surface area (Å²) in [7, 11) is 0. The summed E-state index contributed by atoms with van der Waals surface area (Å²) in [4.78, 5) is 12.8. The summed E-state index contributed by atoms with van der Waals surface area (Å²) in [5.74, 6) is 0.909. The lowest BCUT2D eigenvalue weighted by Crippen LogP contribution is -2.02. The van der Waals surface area contributed by atoms with E-state index in [9.17, 15) is 0 Å². The molecule has 0 unspecified atom stereocenters. The summed E-state index contributed by atoms with van der Waals surface area (Å²) < 4.78 is 2.10. The molecule has 5 nitrogen and oxygen atoms in total. The van der Waals surface area contributed by atoms with Crippen molar-refractivity contribution < 1.29 is 5.11 Å². The number of aryl methyl sites for hydroxylation is 2. The number of fused-ring (bicyclic) bond motifs is 1. The molecule has 0 bridgehead atoms. The SMILES string of the molecule is Cc1nc2c(Cl)nc(Cl)nc2n1CCCCCCCCCCCCCCCCO. The molecule has 7 heteroatoms. The van der Waals surface area contributed by atoms with Gasteiger partial charge in [0.2, 0.25) is 5.28 Å². The molecule has 0 saturated heterocycles. The van der Waals surface area contributed by atoms with Gasteiger partial charge in [-0.1, -0.05) is 88.7 Å². The third-order valence-corrected chi connectivity index (χ3v) is 5.94. The molecular formula is C22H36Cl2N4O. The first kappa shape index (κ1) is 24.4. The van der Waals surface area contributed by atoms with Gasteiger partial charge in [0.15, 0.2) is 10.8 Å². The minimum absolute atomic E-state index is 0.172. The summed E-state index contributed by atoms with van der Waals surface area (Å²) in [6.07, 6.45) is 17.9. The second-order valence-corrected chi connectivity index (χ2v) is 8.64. The second-order valence-electron chi connectivity index (χ2n) is 7.94. The maximum Gasteiger partial charge on any atom is 0.225 e. The van der Waals surface area contributed by atoms with E-state index >= 15 is 0 Å². The van der Waals surface area contributed by atoms with E-state index in [1.807, 2.05) is 6.92 Å². The van der Waals surface area contributed by atoms with Crippen LogP contribution in [0.4, 0.5) is 0 Å². The Balaban J connectivity index is 1.49. The number of aliphatic hydroxyl groups excluding tert-OH is 1. The fraction of sp³-hybridized carbons (Fsp3) is 0.773. The van der Waals surface area contributed by atoms with Crippen LogP contribution in [0.25, 0.3) is 11.2 Å². The normalized spacial score (nSPS) is 11.6. The van der Waals surface area contributed by atoms with Crippen molar-refractivity contribution in [3.63, 3.8) is 0 Å². The highest BCUT2D eigenvalue weighted by Crippen LogP contribution is 2.23. The van der Waals surface area contributed by atoms with E-state index in [0.717, 1.165) is 30.9 Å². The fourth-order valence-electron chi connectivity index (χ4n) is 3.82. The molecule has 0 saturated carbocycles. The maximum atomic E-state index is 8.75. The minimum Gasteiger partial charge on any atom is -0.396 e. The van der Waals surface area contributed by atoms with Gasteiger partial charge in [0.1, 0.15) is 11.3 Å². The van der Waals surface area contributed by atoms with Gasteiger partial charge >= 0.3 is 0 Å². The molecule has 0 aliphatic carbocycles. The van der Waals surface area contributed by atoms with Crippen molar-refractivity contribution in [2.75, 3.05) is 6.61 Å². The molecule has 29 heavy (non-hydrogen) atoms. The molecule has 2 aromatic heterocycles. The van der Waals surface area contributed by atoms with Gasteiger partial charge in [0, 0.05) is 13.2 Å². The average Bonchev–Trinajstić information content (AvgIpc) is 3.00. The van der Waals surface area contributed by atoms with Crippen molar-refractivity contribution in [1.82, 2.24) is 19.5 Å². The molecule has 0 atom stereocenters. The Hall–Kier alpha value is -0.910. The zero-order valence-corrected chi connectivity index (χ0v) is 19.3. The van der Waals surface area contributed by atoms with Crippen LogP contribution in [-0.4, -0.2) is 31.2 Å². The number of aliphatic hydroxyl groups is 1. The predicted octanol–water partition coefficient (Wildman–Crippen LogP) is 6.90. The van der Waals surface area contributed by atoms with E-state index in [1.54, 1.807) is 0 Å². The van der Waals surface area contributed by atoms with Gasteiger partial charge in [-0.25, -0.2) is 9.97 Å². The molecule has 0 radical (unpaired) electrons. The number of nitrogens with zero attached hydrogens (tertiary/aromatic N) is 4. The van der Waals surface area contributed by atoms with Gasteiger partial charge in [-0.05, 0) is 31.4 Å². The van der Waals surface area contributed by atoms with Gasteiger partial charge in [0.25, 0.3) is 0 Å². The molecule has 0 aromatic carbocycles. The van der Waals surface area contributed by atoms with Crippen LogP contribution >= 0.6 is 23.2 Å². The Morgan fingerprint density at radius 1 is 0.690 bits per heavy atom. The van der Waals surface area contributed by atoms with E-state index in [1.165, 1.54) is 77.0 Å². The van der Waals surface area contributed by atoms with Crippen LogP contribution < -0.4 is 0 Å². The quantitative estimate of drug-likeness (QED) is 0.174. The number of aromatic nitrogens is 4.